The molecule has 3 fully saturated rings. The highest BCUT2D eigenvalue weighted by molar-refractivity contribution is 5.95. The predicted molar refractivity (Wildman–Crippen MR) is 112 cm³/mol. The van der Waals surface area contributed by atoms with Crippen molar-refractivity contribution in [3.05, 3.63) is 23.8 Å². The largest absolute Gasteiger partial charge is 0.493 e. The molecule has 4 rings (SSSR count). The monoisotopic (exact) mass is 402 g/mol. The first-order valence-electron chi connectivity index (χ1n) is 11.0. The fourth-order valence-corrected chi connectivity index (χ4v) is 5.21. The second-order valence-corrected chi connectivity index (χ2v) is 8.64. The van der Waals surface area contributed by atoms with Crippen molar-refractivity contribution >= 4 is 5.91 Å². The number of methoxy groups -OCH3 is 2. The zero-order valence-electron chi connectivity index (χ0n) is 17.8. The third-order valence-corrected chi connectivity index (χ3v) is 6.97. The van der Waals surface area contributed by atoms with Crippen molar-refractivity contribution in [2.75, 3.05) is 47.0 Å². The van der Waals surface area contributed by atoms with Crippen LogP contribution in [0, 0.1) is 0 Å². The molecule has 0 radical (unpaired) electrons. The van der Waals surface area contributed by atoms with Crippen LogP contribution in [0.25, 0.3) is 0 Å². The van der Waals surface area contributed by atoms with Gasteiger partial charge in [0.25, 0.3) is 5.91 Å². The summed E-state index contributed by atoms with van der Waals surface area (Å²) in [5, 5.41) is 0. The number of hydrogen-bond donors (Lipinski definition) is 0. The van der Waals surface area contributed by atoms with Gasteiger partial charge in [0.05, 0.1) is 19.8 Å². The molecule has 1 aromatic rings. The van der Waals surface area contributed by atoms with Gasteiger partial charge in [0.15, 0.2) is 11.5 Å². The molecule has 6 nitrogen and oxygen atoms in total. The molecule has 0 saturated carbocycles. The van der Waals surface area contributed by atoms with E-state index >= 15 is 0 Å². The molecule has 1 aromatic carbocycles. The zero-order chi connectivity index (χ0) is 20.3. The normalized spacial score (nSPS) is 25.0. The number of piperidine rings is 2. The standard InChI is InChI=1S/C23H34N2O4/c1-27-20-7-6-18(16-21(20)28-2)22(26)25-13-9-23(10-14-25)17-19(8-15-29-23)24-11-4-3-5-12-24/h6-7,16,19H,3-5,8-15,17H2,1-2H3. The third kappa shape index (κ3) is 4.38. The molecule has 3 aliphatic heterocycles. The molecule has 1 unspecified atom stereocenters. The average molecular weight is 403 g/mol. The Bertz CT molecular complexity index is 709. The highest BCUT2D eigenvalue weighted by atomic mass is 16.5. The molecular weight excluding hydrogens is 368 g/mol. The average Bonchev–Trinajstić information content (AvgIpc) is 2.79. The smallest absolute Gasteiger partial charge is 0.253 e. The van der Waals surface area contributed by atoms with Gasteiger partial charge in [0.1, 0.15) is 0 Å². The lowest BCUT2D eigenvalue weighted by Gasteiger charge is -2.49. The maximum atomic E-state index is 13.0. The molecule has 3 aliphatic rings. The second kappa shape index (κ2) is 8.92. The van der Waals surface area contributed by atoms with E-state index in [0.717, 1.165) is 45.4 Å². The van der Waals surface area contributed by atoms with Crippen LogP contribution in [0.3, 0.4) is 0 Å². The van der Waals surface area contributed by atoms with Gasteiger partial charge in [-0.15, -0.1) is 0 Å². The van der Waals surface area contributed by atoms with Crippen LogP contribution in [0.15, 0.2) is 18.2 Å². The van der Waals surface area contributed by atoms with Crippen molar-refractivity contribution in [3.8, 4) is 11.5 Å². The highest BCUT2D eigenvalue weighted by Gasteiger charge is 2.42. The van der Waals surface area contributed by atoms with Crippen LogP contribution in [0.4, 0.5) is 0 Å². The molecule has 1 spiro atoms. The molecule has 0 N–H and O–H groups in total. The lowest BCUT2D eigenvalue weighted by atomic mass is 9.81. The summed E-state index contributed by atoms with van der Waals surface area (Å²) >= 11 is 0. The van der Waals surface area contributed by atoms with Crippen LogP contribution < -0.4 is 9.47 Å². The highest BCUT2D eigenvalue weighted by Crippen LogP contribution is 2.38. The Labute approximate surface area is 174 Å². The molecule has 1 amide bonds. The van der Waals surface area contributed by atoms with Gasteiger partial charge in [0.2, 0.25) is 0 Å². The first kappa shape index (κ1) is 20.5. The SMILES string of the molecule is COc1ccc(C(=O)N2CCC3(CC2)CC(N2CCCCC2)CCO3)cc1OC. The molecular formula is C23H34N2O4. The number of carbonyl (C=O) groups excluding carboxylic acids is 1. The Kier molecular flexibility index (Phi) is 6.30. The number of benzene rings is 1. The third-order valence-electron chi connectivity index (χ3n) is 6.97. The fraction of sp³-hybridized carbons (Fsp3) is 0.696. The van der Waals surface area contributed by atoms with Crippen LogP contribution in [0.5, 0.6) is 11.5 Å². The number of likely N-dealkylation sites (tertiary alicyclic amines) is 2. The number of carbonyl (C=O) groups is 1. The van der Waals surface area contributed by atoms with E-state index in [1.54, 1.807) is 26.4 Å². The van der Waals surface area contributed by atoms with Crippen molar-refractivity contribution in [1.82, 2.24) is 9.80 Å². The van der Waals surface area contributed by atoms with E-state index in [1.165, 1.54) is 32.4 Å². The molecule has 0 aliphatic carbocycles. The van der Waals surface area contributed by atoms with Crippen LogP contribution in [-0.4, -0.2) is 74.4 Å². The van der Waals surface area contributed by atoms with Crippen LogP contribution in [0.1, 0.15) is 55.3 Å². The Morgan fingerprint density at radius 1 is 1.03 bits per heavy atom. The van der Waals surface area contributed by atoms with E-state index in [4.69, 9.17) is 14.2 Å². The summed E-state index contributed by atoms with van der Waals surface area (Å²) in [4.78, 5) is 17.7. The van der Waals surface area contributed by atoms with E-state index in [2.05, 4.69) is 4.90 Å². The summed E-state index contributed by atoms with van der Waals surface area (Å²) in [7, 11) is 3.20. The van der Waals surface area contributed by atoms with Gasteiger partial charge in [-0.1, -0.05) is 6.42 Å². The summed E-state index contributed by atoms with van der Waals surface area (Å²) in [6.07, 6.45) is 8.15. The Morgan fingerprint density at radius 3 is 2.45 bits per heavy atom. The minimum atomic E-state index is -0.0469. The van der Waals surface area contributed by atoms with Crippen molar-refractivity contribution in [2.24, 2.45) is 0 Å². The van der Waals surface area contributed by atoms with Crippen LogP contribution in [-0.2, 0) is 4.74 Å². The summed E-state index contributed by atoms with van der Waals surface area (Å²) < 4.78 is 17.0. The minimum Gasteiger partial charge on any atom is -0.493 e. The molecule has 1 atom stereocenters. The van der Waals surface area contributed by atoms with E-state index in [9.17, 15) is 4.79 Å². The quantitative estimate of drug-likeness (QED) is 0.773. The van der Waals surface area contributed by atoms with Crippen LogP contribution >= 0.6 is 0 Å². The van der Waals surface area contributed by atoms with Gasteiger partial charge in [-0.25, -0.2) is 0 Å². The molecule has 3 heterocycles. The molecule has 160 valence electrons. The van der Waals surface area contributed by atoms with Gasteiger partial charge < -0.3 is 24.0 Å². The first-order valence-corrected chi connectivity index (χ1v) is 11.0. The second-order valence-electron chi connectivity index (χ2n) is 8.64. The van der Waals surface area contributed by atoms with E-state index < -0.39 is 0 Å². The molecule has 0 bridgehead atoms. The molecule has 0 aromatic heterocycles. The van der Waals surface area contributed by atoms with Crippen molar-refractivity contribution < 1.29 is 19.0 Å². The van der Waals surface area contributed by atoms with Gasteiger partial charge >= 0.3 is 0 Å². The lowest BCUT2D eigenvalue weighted by molar-refractivity contribution is -0.131. The number of amides is 1. The summed E-state index contributed by atoms with van der Waals surface area (Å²) in [6, 6.07) is 6.04. The van der Waals surface area contributed by atoms with Crippen molar-refractivity contribution in [2.45, 2.75) is 56.6 Å². The summed E-state index contributed by atoms with van der Waals surface area (Å²) in [6.45, 7) is 4.83. The Hall–Kier alpha value is -1.79. The van der Waals surface area contributed by atoms with Gasteiger partial charge in [-0.3, -0.25) is 4.79 Å². The predicted octanol–water partition coefficient (Wildman–Crippen LogP) is 3.34. The summed E-state index contributed by atoms with van der Waals surface area (Å²) in [5.41, 5.74) is 0.601. The molecule has 29 heavy (non-hydrogen) atoms. The lowest BCUT2D eigenvalue weighted by Crippen LogP contribution is -2.55. The van der Waals surface area contributed by atoms with Crippen molar-refractivity contribution in [1.29, 1.82) is 0 Å². The summed E-state index contributed by atoms with van der Waals surface area (Å²) in [5.74, 6) is 1.29. The number of nitrogens with zero attached hydrogens (tertiary/aromatic N) is 2. The van der Waals surface area contributed by atoms with Crippen molar-refractivity contribution in [3.63, 3.8) is 0 Å². The zero-order valence-corrected chi connectivity index (χ0v) is 17.8. The van der Waals surface area contributed by atoms with Gasteiger partial charge in [-0.2, -0.15) is 0 Å². The minimum absolute atomic E-state index is 0.0469. The topological polar surface area (TPSA) is 51.2 Å². The van der Waals surface area contributed by atoms with E-state index in [-0.39, 0.29) is 11.5 Å². The van der Waals surface area contributed by atoms with Gasteiger partial charge in [-0.05, 0) is 69.8 Å². The molecule has 6 heteroatoms. The van der Waals surface area contributed by atoms with Gasteiger partial charge in [0, 0.05) is 31.3 Å². The maximum Gasteiger partial charge on any atom is 0.253 e. The Balaban J connectivity index is 1.38. The fourth-order valence-electron chi connectivity index (χ4n) is 5.21. The maximum absolute atomic E-state index is 13.0. The Morgan fingerprint density at radius 2 is 1.76 bits per heavy atom. The van der Waals surface area contributed by atoms with E-state index in [0.29, 0.717) is 23.1 Å². The molecule has 3 saturated heterocycles. The number of hydrogen-bond acceptors (Lipinski definition) is 5. The van der Waals surface area contributed by atoms with E-state index in [1.807, 2.05) is 11.0 Å². The van der Waals surface area contributed by atoms with Crippen LogP contribution in [0.2, 0.25) is 0 Å². The first-order chi connectivity index (χ1) is 14.1. The number of ether oxygens (including phenoxy) is 3. The number of rotatable bonds is 4.